The maximum absolute atomic E-state index is 13.2. The van der Waals surface area contributed by atoms with E-state index in [1.54, 1.807) is 0 Å². The van der Waals surface area contributed by atoms with E-state index >= 15 is 0 Å². The van der Waals surface area contributed by atoms with Crippen LogP contribution in [0, 0.1) is 5.82 Å². The van der Waals surface area contributed by atoms with Crippen LogP contribution in [0.3, 0.4) is 0 Å². The Kier molecular flexibility index (Phi) is 2.56. The molecule has 0 unspecified atom stereocenters. The second-order valence-corrected chi connectivity index (χ2v) is 3.47. The molecular formula is C10H10F3NO. The molecular weight excluding hydrogens is 207 g/mol. The lowest BCUT2D eigenvalue weighted by molar-refractivity contribution is -0.0527. The van der Waals surface area contributed by atoms with Gasteiger partial charge in [-0.1, -0.05) is 6.07 Å². The molecule has 0 aromatic heterocycles. The molecule has 1 aromatic rings. The second-order valence-electron chi connectivity index (χ2n) is 3.47. The minimum Gasteiger partial charge on any atom is -0.431 e. The van der Waals surface area contributed by atoms with Crippen LogP contribution in [0.2, 0.25) is 0 Å². The summed E-state index contributed by atoms with van der Waals surface area (Å²) in [5.74, 6) is -1.11. The third kappa shape index (κ3) is 1.79. The number of alkyl halides is 2. The average Bonchev–Trinajstić information content (AvgIpc) is 2.52. The topological polar surface area (TPSA) is 35.2 Å². The molecule has 0 spiro atoms. The molecule has 0 aliphatic heterocycles. The number of fused-ring (bicyclic) bond motifs is 1. The van der Waals surface area contributed by atoms with Crippen LogP contribution in [0.15, 0.2) is 12.1 Å². The summed E-state index contributed by atoms with van der Waals surface area (Å²) in [6.45, 7) is -3.01. The van der Waals surface area contributed by atoms with Crippen LogP contribution in [0.4, 0.5) is 13.2 Å². The Morgan fingerprint density at radius 3 is 2.80 bits per heavy atom. The molecule has 2 nitrogen and oxygen atoms in total. The van der Waals surface area contributed by atoms with Crippen molar-refractivity contribution >= 4 is 0 Å². The Labute approximate surface area is 84.8 Å². The summed E-state index contributed by atoms with van der Waals surface area (Å²) in [6, 6.07) is 2.43. The van der Waals surface area contributed by atoms with E-state index in [4.69, 9.17) is 5.73 Å². The van der Waals surface area contributed by atoms with Crippen LogP contribution in [0.1, 0.15) is 23.6 Å². The fraction of sp³-hybridized carbons (Fsp3) is 0.400. The lowest BCUT2D eigenvalue weighted by atomic mass is 10.1. The van der Waals surface area contributed by atoms with Crippen molar-refractivity contribution in [2.24, 2.45) is 5.73 Å². The summed E-state index contributed by atoms with van der Waals surface area (Å²) in [5.41, 5.74) is 6.91. The van der Waals surface area contributed by atoms with Crippen LogP contribution in [-0.2, 0) is 6.42 Å². The highest BCUT2D eigenvalue weighted by atomic mass is 19.3. The summed E-state index contributed by atoms with van der Waals surface area (Å²) >= 11 is 0. The molecule has 82 valence electrons. The smallest absolute Gasteiger partial charge is 0.387 e. The largest absolute Gasteiger partial charge is 0.431 e. The van der Waals surface area contributed by atoms with Gasteiger partial charge in [-0.25, -0.2) is 4.39 Å². The van der Waals surface area contributed by atoms with E-state index in [0.29, 0.717) is 24.0 Å². The van der Waals surface area contributed by atoms with Crippen molar-refractivity contribution in [3.8, 4) is 5.75 Å². The molecule has 0 fully saturated rings. The minimum absolute atomic E-state index is 0.208. The maximum atomic E-state index is 13.2. The van der Waals surface area contributed by atoms with E-state index in [2.05, 4.69) is 4.74 Å². The van der Waals surface area contributed by atoms with Crippen molar-refractivity contribution in [3.05, 3.63) is 29.1 Å². The molecule has 1 aromatic carbocycles. The minimum atomic E-state index is -3.01. The summed E-state index contributed by atoms with van der Waals surface area (Å²) in [4.78, 5) is 0. The van der Waals surface area contributed by atoms with Gasteiger partial charge in [-0.05, 0) is 24.5 Å². The van der Waals surface area contributed by atoms with Gasteiger partial charge in [-0.15, -0.1) is 0 Å². The van der Waals surface area contributed by atoms with E-state index in [9.17, 15) is 13.2 Å². The van der Waals surface area contributed by atoms with Crippen molar-refractivity contribution in [1.82, 2.24) is 0 Å². The first-order valence-corrected chi connectivity index (χ1v) is 4.61. The Bertz CT molecular complexity index is 381. The number of hydrogen-bond donors (Lipinski definition) is 1. The number of nitrogens with two attached hydrogens (primary N) is 1. The maximum Gasteiger partial charge on any atom is 0.387 e. The fourth-order valence-corrected chi connectivity index (χ4v) is 1.89. The number of halogens is 3. The molecule has 0 saturated heterocycles. The van der Waals surface area contributed by atoms with Gasteiger partial charge in [0.25, 0.3) is 0 Å². The van der Waals surface area contributed by atoms with Gasteiger partial charge in [-0.2, -0.15) is 8.78 Å². The molecule has 15 heavy (non-hydrogen) atoms. The molecule has 0 saturated carbocycles. The molecule has 1 atom stereocenters. The van der Waals surface area contributed by atoms with E-state index < -0.39 is 12.4 Å². The lowest BCUT2D eigenvalue weighted by Gasteiger charge is -2.11. The van der Waals surface area contributed by atoms with Gasteiger partial charge < -0.3 is 10.5 Å². The normalized spacial score (nSPS) is 19.4. The monoisotopic (exact) mass is 217 g/mol. The molecule has 0 bridgehead atoms. The zero-order valence-corrected chi connectivity index (χ0v) is 7.84. The highest BCUT2D eigenvalue weighted by molar-refractivity contribution is 5.45. The number of benzene rings is 1. The van der Waals surface area contributed by atoms with Crippen LogP contribution in [0.25, 0.3) is 0 Å². The van der Waals surface area contributed by atoms with Gasteiger partial charge in [0.2, 0.25) is 0 Å². The van der Waals surface area contributed by atoms with Gasteiger partial charge in [0.15, 0.2) is 11.6 Å². The van der Waals surface area contributed by atoms with Crippen molar-refractivity contribution < 1.29 is 17.9 Å². The first-order valence-electron chi connectivity index (χ1n) is 4.61. The average molecular weight is 217 g/mol. The van der Waals surface area contributed by atoms with E-state index in [1.165, 1.54) is 6.07 Å². The highest BCUT2D eigenvalue weighted by Crippen LogP contribution is 2.37. The van der Waals surface area contributed by atoms with Crippen LogP contribution in [0.5, 0.6) is 5.75 Å². The predicted molar refractivity (Wildman–Crippen MR) is 48.3 cm³/mol. The van der Waals surface area contributed by atoms with Crippen molar-refractivity contribution in [2.75, 3.05) is 0 Å². The van der Waals surface area contributed by atoms with E-state index in [0.717, 1.165) is 6.07 Å². The Balaban J connectivity index is 2.44. The van der Waals surface area contributed by atoms with Gasteiger partial charge in [0.1, 0.15) is 0 Å². The Hall–Kier alpha value is -1.23. The zero-order chi connectivity index (χ0) is 11.0. The number of hydrogen-bond acceptors (Lipinski definition) is 2. The molecule has 0 heterocycles. The zero-order valence-electron chi connectivity index (χ0n) is 7.84. The molecule has 1 aliphatic rings. The predicted octanol–water partition coefficient (Wildman–Crippen LogP) is 2.37. The molecule has 2 N–H and O–H groups in total. The molecule has 0 radical (unpaired) electrons. The van der Waals surface area contributed by atoms with Gasteiger partial charge >= 0.3 is 6.61 Å². The van der Waals surface area contributed by atoms with Crippen LogP contribution >= 0.6 is 0 Å². The highest BCUT2D eigenvalue weighted by Gasteiger charge is 2.26. The standard InChI is InChI=1S/C10H10F3NO/c11-7-3-1-5-6(2-4-8(5)14)9(7)15-10(12)13/h1,3,8,10H,2,4,14H2/t8-/m1/s1. The molecule has 0 amide bonds. The van der Waals surface area contributed by atoms with Crippen molar-refractivity contribution in [1.29, 1.82) is 0 Å². The quantitative estimate of drug-likeness (QED) is 0.825. The van der Waals surface area contributed by atoms with Crippen molar-refractivity contribution in [2.45, 2.75) is 25.5 Å². The van der Waals surface area contributed by atoms with Gasteiger partial charge in [0.05, 0.1) is 0 Å². The summed E-state index contributed by atoms with van der Waals surface area (Å²) in [6.07, 6.45) is 1.12. The summed E-state index contributed by atoms with van der Waals surface area (Å²) in [5, 5.41) is 0. The van der Waals surface area contributed by atoms with E-state index in [-0.39, 0.29) is 11.8 Å². The third-order valence-electron chi connectivity index (χ3n) is 2.56. The Morgan fingerprint density at radius 1 is 1.40 bits per heavy atom. The fourth-order valence-electron chi connectivity index (χ4n) is 1.89. The second kappa shape index (κ2) is 3.73. The van der Waals surface area contributed by atoms with E-state index in [1.807, 2.05) is 0 Å². The van der Waals surface area contributed by atoms with Gasteiger partial charge in [0, 0.05) is 11.6 Å². The number of rotatable bonds is 2. The van der Waals surface area contributed by atoms with Crippen LogP contribution in [-0.4, -0.2) is 6.61 Å². The molecule has 1 aliphatic carbocycles. The molecule has 5 heteroatoms. The number of ether oxygens (including phenoxy) is 1. The van der Waals surface area contributed by atoms with Crippen molar-refractivity contribution in [3.63, 3.8) is 0 Å². The Morgan fingerprint density at radius 2 is 2.13 bits per heavy atom. The third-order valence-corrected chi connectivity index (χ3v) is 2.56. The summed E-state index contributed by atoms with van der Waals surface area (Å²) in [7, 11) is 0. The summed E-state index contributed by atoms with van der Waals surface area (Å²) < 4.78 is 41.5. The first kappa shape index (κ1) is 10.3. The first-order chi connectivity index (χ1) is 7.09. The SMILES string of the molecule is N[C@@H]1CCc2c1ccc(F)c2OC(F)F. The lowest BCUT2D eigenvalue weighted by Crippen LogP contribution is -2.08. The van der Waals surface area contributed by atoms with Crippen LogP contribution < -0.4 is 10.5 Å². The molecule has 2 rings (SSSR count). The van der Waals surface area contributed by atoms with Gasteiger partial charge in [-0.3, -0.25) is 0 Å².